The predicted molar refractivity (Wildman–Crippen MR) is 88.4 cm³/mol. The predicted octanol–water partition coefficient (Wildman–Crippen LogP) is 3.93. The van der Waals surface area contributed by atoms with Crippen LogP contribution in [0.4, 0.5) is 0 Å². The molecule has 1 N–H and O–H groups in total. The van der Waals surface area contributed by atoms with E-state index < -0.39 is 5.97 Å². The van der Waals surface area contributed by atoms with Crippen molar-refractivity contribution in [3.8, 4) is 5.75 Å². The first-order valence-corrected chi connectivity index (χ1v) is 7.95. The molecule has 0 bridgehead atoms. The minimum Gasteiger partial charge on any atom is -0.489 e. The topological polar surface area (TPSA) is 63.6 Å². The smallest absolute Gasteiger partial charge is 0.303 e. The van der Waals surface area contributed by atoms with E-state index in [0.717, 1.165) is 29.7 Å². The number of ether oxygens (including phenoxy) is 1. The van der Waals surface area contributed by atoms with Crippen molar-refractivity contribution in [2.75, 3.05) is 6.61 Å². The molecule has 0 radical (unpaired) electrons. The molecule has 0 spiro atoms. The van der Waals surface area contributed by atoms with Gasteiger partial charge in [-0.1, -0.05) is 30.4 Å². The van der Waals surface area contributed by atoms with Crippen LogP contribution < -0.4 is 4.74 Å². The van der Waals surface area contributed by atoms with E-state index in [9.17, 15) is 9.59 Å². The molecule has 4 heteroatoms. The number of Topliss-reactive ketones (excluding diaryl/α,β-unsaturated/α-hetero) is 1. The minimum atomic E-state index is -0.771. The highest BCUT2D eigenvalue weighted by Gasteiger charge is 2.22. The molecule has 0 fully saturated rings. The van der Waals surface area contributed by atoms with E-state index in [2.05, 4.69) is 0 Å². The summed E-state index contributed by atoms with van der Waals surface area (Å²) in [6.45, 7) is 0.456. The highest BCUT2D eigenvalue weighted by atomic mass is 16.5. The lowest BCUT2D eigenvalue weighted by Gasteiger charge is -2.08. The largest absolute Gasteiger partial charge is 0.489 e. The molecule has 0 aromatic heterocycles. The van der Waals surface area contributed by atoms with Crippen molar-refractivity contribution in [1.82, 2.24) is 0 Å². The molecular formula is C19H22O4. The van der Waals surface area contributed by atoms with Crippen LogP contribution in [0.15, 0.2) is 53.6 Å². The molecule has 0 unspecified atom stereocenters. The Kier molecular flexibility index (Phi) is 6.60. The maximum Gasteiger partial charge on any atom is 0.303 e. The van der Waals surface area contributed by atoms with Gasteiger partial charge in [-0.3, -0.25) is 9.59 Å². The number of benzene rings is 1. The lowest BCUT2D eigenvalue weighted by atomic mass is 10.1. The lowest BCUT2D eigenvalue weighted by molar-refractivity contribution is -0.137. The summed E-state index contributed by atoms with van der Waals surface area (Å²) in [5.74, 6) is 0.238. The Morgan fingerprint density at radius 1 is 1.17 bits per heavy atom. The van der Waals surface area contributed by atoms with E-state index in [1.165, 1.54) is 0 Å². The quantitative estimate of drug-likeness (QED) is 0.554. The number of unbranched alkanes of at least 4 members (excludes halogenated alkanes) is 1. The van der Waals surface area contributed by atoms with Gasteiger partial charge in [0.05, 0.1) is 0 Å². The third-order valence-electron chi connectivity index (χ3n) is 3.82. The average molecular weight is 314 g/mol. The first kappa shape index (κ1) is 17.0. The van der Waals surface area contributed by atoms with Gasteiger partial charge in [0.15, 0.2) is 5.78 Å². The fourth-order valence-corrected chi connectivity index (χ4v) is 2.56. The second kappa shape index (κ2) is 8.93. The van der Waals surface area contributed by atoms with E-state index in [1.54, 1.807) is 0 Å². The Bertz CT molecular complexity index is 599. The van der Waals surface area contributed by atoms with Crippen LogP contribution in [0.1, 0.15) is 38.5 Å². The fraction of sp³-hybridized carbons (Fsp3) is 0.368. The van der Waals surface area contributed by atoms with Crippen LogP contribution in [0.25, 0.3) is 0 Å². The number of aliphatic carboxylic acids is 1. The number of carbonyl (C=O) groups is 2. The van der Waals surface area contributed by atoms with Crippen LogP contribution in [0.3, 0.4) is 0 Å². The lowest BCUT2D eigenvalue weighted by Crippen LogP contribution is -2.02. The number of hydrogen-bond donors (Lipinski definition) is 1. The summed E-state index contributed by atoms with van der Waals surface area (Å²) >= 11 is 0. The summed E-state index contributed by atoms with van der Waals surface area (Å²) < 4.78 is 5.74. The van der Waals surface area contributed by atoms with Gasteiger partial charge in [-0.25, -0.2) is 0 Å². The molecule has 0 saturated heterocycles. The maximum absolute atomic E-state index is 12.0. The second-order valence-electron chi connectivity index (χ2n) is 5.57. The van der Waals surface area contributed by atoms with E-state index >= 15 is 0 Å². The Morgan fingerprint density at radius 2 is 1.96 bits per heavy atom. The zero-order valence-corrected chi connectivity index (χ0v) is 13.2. The van der Waals surface area contributed by atoms with Crippen molar-refractivity contribution in [1.29, 1.82) is 0 Å². The normalized spacial score (nSPS) is 14.7. The van der Waals surface area contributed by atoms with Crippen LogP contribution in [-0.4, -0.2) is 23.5 Å². The summed E-state index contributed by atoms with van der Waals surface area (Å²) in [7, 11) is 0. The first-order valence-electron chi connectivity index (χ1n) is 7.95. The van der Waals surface area contributed by atoms with Gasteiger partial charge in [-0.2, -0.15) is 0 Å². The SMILES string of the molecule is O=C(O)CCCC=CCC1=C(COc2ccccc2)CCC1=O. The number of para-hydroxylation sites is 1. The molecule has 122 valence electrons. The number of carbonyl (C=O) groups excluding carboxylic acids is 1. The van der Waals surface area contributed by atoms with Gasteiger partial charge in [0.2, 0.25) is 0 Å². The molecule has 4 nitrogen and oxygen atoms in total. The molecule has 23 heavy (non-hydrogen) atoms. The molecule has 0 aliphatic heterocycles. The van der Waals surface area contributed by atoms with Crippen LogP contribution >= 0.6 is 0 Å². The van der Waals surface area contributed by atoms with Crippen LogP contribution in [0.2, 0.25) is 0 Å². The van der Waals surface area contributed by atoms with Crippen molar-refractivity contribution in [3.05, 3.63) is 53.6 Å². The Morgan fingerprint density at radius 3 is 2.70 bits per heavy atom. The van der Waals surface area contributed by atoms with Crippen molar-refractivity contribution in [2.45, 2.75) is 38.5 Å². The van der Waals surface area contributed by atoms with Gasteiger partial charge in [0.1, 0.15) is 12.4 Å². The highest BCUT2D eigenvalue weighted by Crippen LogP contribution is 2.26. The summed E-state index contributed by atoms with van der Waals surface area (Å²) in [4.78, 5) is 22.4. The molecule has 0 atom stereocenters. The Hall–Kier alpha value is -2.36. The maximum atomic E-state index is 12.0. The fourth-order valence-electron chi connectivity index (χ4n) is 2.56. The second-order valence-corrected chi connectivity index (χ2v) is 5.57. The van der Waals surface area contributed by atoms with Gasteiger partial charge in [0.25, 0.3) is 0 Å². The highest BCUT2D eigenvalue weighted by molar-refractivity contribution is 5.99. The molecule has 0 heterocycles. The summed E-state index contributed by atoms with van der Waals surface area (Å²) in [6.07, 6.45) is 7.40. The van der Waals surface area contributed by atoms with Crippen LogP contribution in [-0.2, 0) is 9.59 Å². The molecule has 2 rings (SSSR count). The van der Waals surface area contributed by atoms with Gasteiger partial charge in [0, 0.05) is 18.4 Å². The minimum absolute atomic E-state index is 0.183. The number of ketones is 1. The molecule has 1 aromatic rings. The number of hydrogen-bond acceptors (Lipinski definition) is 3. The van der Waals surface area contributed by atoms with E-state index in [1.807, 2.05) is 42.5 Å². The average Bonchev–Trinajstić information content (AvgIpc) is 2.90. The van der Waals surface area contributed by atoms with Crippen molar-refractivity contribution >= 4 is 11.8 Å². The summed E-state index contributed by atoms with van der Waals surface area (Å²) in [6, 6.07) is 9.58. The zero-order chi connectivity index (χ0) is 16.5. The first-order chi connectivity index (χ1) is 11.2. The summed E-state index contributed by atoms with van der Waals surface area (Å²) in [5, 5.41) is 8.57. The van der Waals surface area contributed by atoms with Gasteiger partial charge in [-0.05, 0) is 43.4 Å². The molecule has 1 aliphatic carbocycles. The van der Waals surface area contributed by atoms with E-state index in [4.69, 9.17) is 9.84 Å². The van der Waals surface area contributed by atoms with Crippen molar-refractivity contribution in [3.63, 3.8) is 0 Å². The van der Waals surface area contributed by atoms with Gasteiger partial charge in [-0.15, -0.1) is 0 Å². The summed E-state index contributed by atoms with van der Waals surface area (Å²) in [5.41, 5.74) is 1.93. The van der Waals surface area contributed by atoms with E-state index in [0.29, 0.717) is 25.9 Å². The van der Waals surface area contributed by atoms with Gasteiger partial charge >= 0.3 is 5.97 Å². The number of carboxylic acid groups (broad SMARTS) is 1. The number of carboxylic acids is 1. The van der Waals surface area contributed by atoms with Gasteiger partial charge < -0.3 is 9.84 Å². The molecular weight excluding hydrogens is 292 g/mol. The molecule has 1 aliphatic rings. The Balaban J connectivity index is 1.84. The molecule has 1 aromatic carbocycles. The number of allylic oxidation sites excluding steroid dienone is 3. The number of rotatable bonds is 9. The van der Waals surface area contributed by atoms with Crippen molar-refractivity contribution in [2.24, 2.45) is 0 Å². The van der Waals surface area contributed by atoms with Crippen LogP contribution in [0.5, 0.6) is 5.75 Å². The Labute approximate surface area is 136 Å². The standard InChI is InChI=1S/C19H22O4/c20-18-13-12-15(14-23-16-8-4-3-5-9-16)17(18)10-6-1-2-7-11-19(21)22/h1,3-6,8-9H,2,7,10-14H2,(H,21,22). The third kappa shape index (κ3) is 5.74. The molecule has 0 amide bonds. The monoisotopic (exact) mass is 314 g/mol. The van der Waals surface area contributed by atoms with Crippen LogP contribution in [0, 0.1) is 0 Å². The molecule has 0 saturated carbocycles. The van der Waals surface area contributed by atoms with E-state index in [-0.39, 0.29) is 12.2 Å². The van der Waals surface area contributed by atoms with Crippen molar-refractivity contribution < 1.29 is 19.4 Å². The zero-order valence-electron chi connectivity index (χ0n) is 13.2. The third-order valence-corrected chi connectivity index (χ3v) is 3.82.